The summed E-state index contributed by atoms with van der Waals surface area (Å²) in [6.07, 6.45) is 19.7. The van der Waals surface area contributed by atoms with E-state index in [0.717, 1.165) is 32.3 Å². The Balaban J connectivity index is 1.83. The third-order valence-corrected chi connectivity index (χ3v) is 5.24. The predicted octanol–water partition coefficient (Wildman–Crippen LogP) is 6.58. The van der Waals surface area contributed by atoms with Gasteiger partial charge in [-0.05, 0) is 39.0 Å². The molecule has 25 heavy (non-hydrogen) atoms. The molecule has 1 heterocycles. The molecule has 0 aromatic rings. The molecular weight excluding hydrogens is 312 g/mol. The summed E-state index contributed by atoms with van der Waals surface area (Å²) in [5, 5.41) is 0. The van der Waals surface area contributed by atoms with Crippen LogP contribution in [0.5, 0.6) is 0 Å². The largest absolute Gasteiger partial charge is 0.463 e. The normalized spacial score (nSPS) is 18.4. The van der Waals surface area contributed by atoms with Crippen molar-refractivity contribution in [3.63, 3.8) is 0 Å². The Kier molecular flexibility index (Phi) is 14.1. The summed E-state index contributed by atoms with van der Waals surface area (Å²) < 4.78 is 11.1. The van der Waals surface area contributed by atoms with Gasteiger partial charge in [0.1, 0.15) is 0 Å². The number of hydrogen-bond donors (Lipinski definition) is 0. The van der Waals surface area contributed by atoms with Gasteiger partial charge in [0.25, 0.3) is 0 Å². The van der Waals surface area contributed by atoms with Crippen molar-refractivity contribution in [1.29, 1.82) is 0 Å². The predicted molar refractivity (Wildman–Crippen MR) is 105 cm³/mol. The zero-order valence-corrected chi connectivity index (χ0v) is 16.9. The Morgan fingerprint density at radius 2 is 1.60 bits per heavy atom. The van der Waals surface area contributed by atoms with Crippen LogP contribution in [0, 0.1) is 0 Å². The van der Waals surface area contributed by atoms with Gasteiger partial charge in [-0.2, -0.15) is 0 Å². The maximum absolute atomic E-state index is 11.9. The summed E-state index contributed by atoms with van der Waals surface area (Å²) in [5.74, 6) is -0.0178. The molecule has 0 aromatic carbocycles. The first kappa shape index (κ1) is 22.5. The second-order valence-electron chi connectivity index (χ2n) is 7.80. The van der Waals surface area contributed by atoms with Crippen molar-refractivity contribution < 1.29 is 14.3 Å². The molecule has 1 aliphatic rings. The Morgan fingerprint density at radius 3 is 2.16 bits per heavy atom. The molecule has 2 atom stereocenters. The Morgan fingerprint density at radius 1 is 1.00 bits per heavy atom. The topological polar surface area (TPSA) is 35.5 Å². The van der Waals surface area contributed by atoms with Gasteiger partial charge < -0.3 is 9.47 Å². The molecule has 0 unspecified atom stereocenters. The van der Waals surface area contributed by atoms with Crippen molar-refractivity contribution in [2.75, 3.05) is 6.61 Å². The lowest BCUT2D eigenvalue weighted by Crippen LogP contribution is -2.17. The van der Waals surface area contributed by atoms with Crippen LogP contribution in [0.25, 0.3) is 0 Å². The summed E-state index contributed by atoms with van der Waals surface area (Å²) in [6, 6.07) is 0. The minimum atomic E-state index is -0.0178. The van der Waals surface area contributed by atoms with Gasteiger partial charge in [-0.3, -0.25) is 4.79 Å². The smallest absolute Gasteiger partial charge is 0.306 e. The van der Waals surface area contributed by atoms with E-state index in [9.17, 15) is 4.79 Å². The van der Waals surface area contributed by atoms with Gasteiger partial charge in [-0.15, -0.1) is 0 Å². The maximum atomic E-state index is 11.9. The van der Waals surface area contributed by atoms with Gasteiger partial charge in [0.05, 0.1) is 12.2 Å². The average molecular weight is 355 g/mol. The zero-order chi connectivity index (χ0) is 18.2. The van der Waals surface area contributed by atoms with Crippen molar-refractivity contribution >= 4 is 5.97 Å². The Bertz CT molecular complexity index is 310. The van der Waals surface area contributed by atoms with Crippen LogP contribution in [0.2, 0.25) is 0 Å². The van der Waals surface area contributed by atoms with Gasteiger partial charge in [0.2, 0.25) is 0 Å². The second kappa shape index (κ2) is 15.7. The van der Waals surface area contributed by atoms with Gasteiger partial charge in [-0.1, -0.05) is 71.1 Å². The molecule has 0 amide bonds. The lowest BCUT2D eigenvalue weighted by atomic mass is 10.1. The van der Waals surface area contributed by atoms with E-state index in [-0.39, 0.29) is 12.1 Å². The van der Waals surface area contributed by atoms with E-state index in [1.165, 1.54) is 70.6 Å². The quantitative estimate of drug-likeness (QED) is 0.232. The summed E-state index contributed by atoms with van der Waals surface area (Å²) in [5.41, 5.74) is 0. The molecule has 0 aliphatic carbocycles. The molecule has 1 aliphatic heterocycles. The molecule has 0 saturated carbocycles. The molecular formula is C22H42O3. The SMILES string of the molecule is CCCCCCCCCCCCCC(=O)O[C@@H](C)CC[C@@H]1CCCO1. The van der Waals surface area contributed by atoms with Crippen LogP contribution in [-0.2, 0) is 14.3 Å². The highest BCUT2D eigenvalue weighted by molar-refractivity contribution is 5.69. The highest BCUT2D eigenvalue weighted by Crippen LogP contribution is 2.19. The van der Waals surface area contributed by atoms with Crippen LogP contribution >= 0.6 is 0 Å². The third-order valence-electron chi connectivity index (χ3n) is 5.24. The zero-order valence-electron chi connectivity index (χ0n) is 16.9. The summed E-state index contributed by atoms with van der Waals surface area (Å²) in [4.78, 5) is 11.9. The fourth-order valence-corrected chi connectivity index (χ4v) is 3.57. The van der Waals surface area contributed by atoms with Crippen molar-refractivity contribution in [2.45, 2.75) is 129 Å². The van der Waals surface area contributed by atoms with Gasteiger partial charge in [0.15, 0.2) is 0 Å². The number of ether oxygens (including phenoxy) is 2. The monoisotopic (exact) mass is 354 g/mol. The summed E-state index contributed by atoms with van der Waals surface area (Å²) >= 11 is 0. The lowest BCUT2D eigenvalue weighted by molar-refractivity contribution is -0.148. The second-order valence-corrected chi connectivity index (χ2v) is 7.80. The highest BCUT2D eigenvalue weighted by Gasteiger charge is 2.17. The van der Waals surface area contributed by atoms with Crippen molar-refractivity contribution in [3.8, 4) is 0 Å². The number of unbranched alkanes of at least 4 members (excludes halogenated alkanes) is 10. The van der Waals surface area contributed by atoms with E-state index >= 15 is 0 Å². The standard InChI is InChI=1S/C22H42O3/c1-3-4-5-6-7-8-9-10-11-12-13-16-22(23)25-20(2)17-18-21-15-14-19-24-21/h20-21H,3-19H2,1-2H3/t20-,21-/m0/s1. The van der Waals surface area contributed by atoms with Gasteiger partial charge >= 0.3 is 5.97 Å². The Labute approximate surface area is 156 Å². The molecule has 1 rings (SSSR count). The van der Waals surface area contributed by atoms with Gasteiger partial charge in [0, 0.05) is 13.0 Å². The van der Waals surface area contributed by atoms with Crippen LogP contribution < -0.4 is 0 Å². The number of hydrogen-bond acceptors (Lipinski definition) is 3. The number of rotatable bonds is 16. The Hall–Kier alpha value is -0.570. The van der Waals surface area contributed by atoms with Crippen molar-refractivity contribution in [1.82, 2.24) is 0 Å². The molecule has 0 aromatic heterocycles. The first-order chi connectivity index (χ1) is 12.2. The van der Waals surface area contributed by atoms with Crippen LogP contribution in [0.15, 0.2) is 0 Å². The molecule has 0 bridgehead atoms. The van der Waals surface area contributed by atoms with E-state index in [4.69, 9.17) is 9.47 Å². The lowest BCUT2D eigenvalue weighted by Gasteiger charge is -2.15. The van der Waals surface area contributed by atoms with Crippen molar-refractivity contribution in [2.24, 2.45) is 0 Å². The molecule has 0 radical (unpaired) electrons. The van der Waals surface area contributed by atoms with Gasteiger partial charge in [-0.25, -0.2) is 0 Å². The third kappa shape index (κ3) is 13.3. The van der Waals surface area contributed by atoms with E-state index in [1.54, 1.807) is 0 Å². The minimum Gasteiger partial charge on any atom is -0.463 e. The van der Waals surface area contributed by atoms with Crippen LogP contribution in [0.1, 0.15) is 117 Å². The number of esters is 1. The van der Waals surface area contributed by atoms with E-state index < -0.39 is 0 Å². The average Bonchev–Trinajstić information content (AvgIpc) is 3.11. The minimum absolute atomic E-state index is 0.0178. The van der Waals surface area contributed by atoms with Crippen molar-refractivity contribution in [3.05, 3.63) is 0 Å². The fraction of sp³-hybridized carbons (Fsp3) is 0.955. The summed E-state index contributed by atoms with van der Waals surface area (Å²) in [7, 11) is 0. The van der Waals surface area contributed by atoms with E-state index in [1.807, 2.05) is 6.92 Å². The molecule has 1 fully saturated rings. The number of carbonyl (C=O) groups excluding carboxylic acids is 1. The summed E-state index contributed by atoms with van der Waals surface area (Å²) in [6.45, 7) is 5.17. The van der Waals surface area contributed by atoms with E-state index in [2.05, 4.69) is 6.92 Å². The maximum Gasteiger partial charge on any atom is 0.306 e. The number of carbonyl (C=O) groups is 1. The van der Waals surface area contributed by atoms with E-state index in [0.29, 0.717) is 12.5 Å². The highest BCUT2D eigenvalue weighted by atomic mass is 16.5. The van der Waals surface area contributed by atoms with Crippen LogP contribution in [0.4, 0.5) is 0 Å². The fourth-order valence-electron chi connectivity index (χ4n) is 3.57. The molecule has 3 heteroatoms. The van der Waals surface area contributed by atoms with Crippen LogP contribution in [-0.4, -0.2) is 24.8 Å². The molecule has 3 nitrogen and oxygen atoms in total. The molecule has 0 N–H and O–H groups in total. The molecule has 0 spiro atoms. The molecule has 1 saturated heterocycles. The first-order valence-corrected chi connectivity index (χ1v) is 11.0. The molecule has 148 valence electrons. The first-order valence-electron chi connectivity index (χ1n) is 11.0. The van der Waals surface area contributed by atoms with Crippen LogP contribution in [0.3, 0.4) is 0 Å².